The lowest BCUT2D eigenvalue weighted by molar-refractivity contribution is -0.163. The van der Waals surface area contributed by atoms with Crippen LogP contribution in [-0.2, 0) is 23.8 Å². The molecule has 384 valence electrons. The molecule has 0 aromatic heterocycles. The number of esters is 2. The molecule has 0 aliphatic heterocycles. The maximum atomic E-state index is 12.8. The molecular weight excluding hydrogens is 837 g/mol. The summed E-state index contributed by atoms with van der Waals surface area (Å²) < 4.78 is 17.4. The van der Waals surface area contributed by atoms with Gasteiger partial charge >= 0.3 is 11.9 Å². The van der Waals surface area contributed by atoms with E-state index in [1.807, 2.05) is 0 Å². The Labute approximate surface area is 419 Å². The molecule has 0 radical (unpaired) electrons. The van der Waals surface area contributed by atoms with Gasteiger partial charge in [0.15, 0.2) is 6.10 Å². The molecule has 0 fully saturated rings. The SMILES string of the molecule is CC/C=C\C/C=C\C/C=C\C/C=C\C/C=C\CCCCCCOCC(COC(=O)CCCCCCCC/C=C\C/C=C\C/C=C\C/C=C\CC)OC(=O)CCCCCCC/C=C\C/C=C\CCC. The average Bonchev–Trinajstić information content (AvgIpc) is 3.34. The molecule has 0 saturated carbocycles. The minimum atomic E-state index is -0.574. The van der Waals surface area contributed by atoms with Gasteiger partial charge in [-0.3, -0.25) is 9.59 Å². The van der Waals surface area contributed by atoms with Crippen LogP contribution < -0.4 is 0 Å². The number of ether oxygens (including phenoxy) is 3. The molecule has 5 nitrogen and oxygen atoms in total. The molecule has 0 bridgehead atoms. The van der Waals surface area contributed by atoms with Crippen molar-refractivity contribution in [3.63, 3.8) is 0 Å². The molecule has 1 unspecified atom stereocenters. The predicted octanol–water partition coefficient (Wildman–Crippen LogP) is 19.1. The van der Waals surface area contributed by atoms with Crippen molar-refractivity contribution in [1.29, 1.82) is 0 Å². The highest BCUT2D eigenvalue weighted by Crippen LogP contribution is 2.13. The van der Waals surface area contributed by atoms with Crippen molar-refractivity contribution in [3.05, 3.63) is 134 Å². The minimum Gasteiger partial charge on any atom is -0.462 e. The van der Waals surface area contributed by atoms with Gasteiger partial charge in [0, 0.05) is 19.4 Å². The van der Waals surface area contributed by atoms with E-state index in [1.54, 1.807) is 0 Å². The van der Waals surface area contributed by atoms with Crippen LogP contribution in [0.4, 0.5) is 0 Å². The summed E-state index contributed by atoms with van der Waals surface area (Å²) in [6.07, 6.45) is 81.8. The summed E-state index contributed by atoms with van der Waals surface area (Å²) in [5.74, 6) is -0.452. The van der Waals surface area contributed by atoms with Gasteiger partial charge in [-0.05, 0) is 128 Å². The van der Waals surface area contributed by atoms with Crippen LogP contribution in [0.15, 0.2) is 134 Å². The summed E-state index contributed by atoms with van der Waals surface area (Å²) in [5, 5.41) is 0. The first kappa shape index (κ1) is 64.0. The molecule has 0 N–H and O–H groups in total. The number of unbranched alkanes of at least 4 members (excludes halogenated alkanes) is 16. The molecule has 0 saturated heterocycles. The molecule has 5 heteroatoms. The van der Waals surface area contributed by atoms with Gasteiger partial charge in [0.05, 0.1) is 6.61 Å². The Balaban J connectivity index is 4.38. The van der Waals surface area contributed by atoms with Gasteiger partial charge in [-0.25, -0.2) is 0 Å². The quantitative estimate of drug-likeness (QED) is 0.0345. The summed E-state index contributed by atoms with van der Waals surface area (Å²) in [6, 6.07) is 0. The second-order valence-electron chi connectivity index (χ2n) is 17.7. The Hall–Kier alpha value is -3.96. The van der Waals surface area contributed by atoms with E-state index in [0.717, 1.165) is 148 Å². The maximum Gasteiger partial charge on any atom is 0.306 e. The van der Waals surface area contributed by atoms with Gasteiger partial charge in [-0.2, -0.15) is 0 Å². The molecule has 0 aliphatic carbocycles. The topological polar surface area (TPSA) is 61.8 Å². The second kappa shape index (κ2) is 57.4. The van der Waals surface area contributed by atoms with E-state index in [2.05, 4.69) is 154 Å². The van der Waals surface area contributed by atoms with E-state index in [4.69, 9.17) is 14.2 Å². The van der Waals surface area contributed by atoms with Crippen molar-refractivity contribution in [1.82, 2.24) is 0 Å². The van der Waals surface area contributed by atoms with Crippen molar-refractivity contribution in [2.24, 2.45) is 0 Å². The first-order chi connectivity index (χ1) is 33.6. The molecule has 0 spiro atoms. The van der Waals surface area contributed by atoms with Crippen molar-refractivity contribution in [2.75, 3.05) is 19.8 Å². The van der Waals surface area contributed by atoms with E-state index in [0.29, 0.717) is 19.4 Å². The Morgan fingerprint density at radius 1 is 0.338 bits per heavy atom. The monoisotopic (exact) mass is 939 g/mol. The van der Waals surface area contributed by atoms with Gasteiger partial charge in [-0.1, -0.05) is 219 Å². The minimum absolute atomic E-state index is 0.0526. The highest BCUT2D eigenvalue weighted by molar-refractivity contribution is 5.70. The standard InChI is InChI=1S/C63H102O5/c1-4-7-10-13-16-19-22-25-27-29-31-33-35-37-40-43-46-49-52-55-58-66-59-61(68-63(65)57-54-51-48-45-42-38-24-21-18-15-12-9-6-3)60-67-62(64)56-53-50-47-44-41-39-36-34-32-30-28-26-23-20-17-14-11-8-5-2/h7-8,10-12,15-17,19-21,24-28,31-34,37,40,61H,4-6,9,13-14,18,22-23,29-30,35-36,38-39,41-60H2,1-3H3/b10-7-,11-8-,15-12-,19-16-,20-17-,24-21-,27-25-,28-26-,33-31-,34-32-,40-37-. The van der Waals surface area contributed by atoms with Crippen molar-refractivity contribution in [2.45, 2.75) is 232 Å². The fourth-order valence-corrected chi connectivity index (χ4v) is 7.09. The molecule has 0 amide bonds. The molecule has 0 rings (SSSR count). The van der Waals surface area contributed by atoms with Crippen LogP contribution in [0.1, 0.15) is 226 Å². The second-order valence-corrected chi connectivity index (χ2v) is 17.7. The molecule has 1 atom stereocenters. The number of hydrogen-bond acceptors (Lipinski definition) is 5. The van der Waals surface area contributed by atoms with Crippen LogP contribution >= 0.6 is 0 Å². The highest BCUT2D eigenvalue weighted by Gasteiger charge is 2.17. The maximum absolute atomic E-state index is 12.8. The van der Waals surface area contributed by atoms with E-state index >= 15 is 0 Å². The van der Waals surface area contributed by atoms with Crippen LogP contribution in [0.25, 0.3) is 0 Å². The summed E-state index contributed by atoms with van der Waals surface area (Å²) in [5.41, 5.74) is 0. The third-order valence-corrected chi connectivity index (χ3v) is 11.1. The van der Waals surface area contributed by atoms with Crippen LogP contribution in [-0.4, -0.2) is 37.9 Å². The summed E-state index contributed by atoms with van der Waals surface area (Å²) in [6.45, 7) is 7.44. The molecule has 0 aliphatic rings. The number of carbonyl (C=O) groups is 2. The lowest BCUT2D eigenvalue weighted by Gasteiger charge is -2.18. The zero-order valence-electron chi connectivity index (χ0n) is 44.1. The fraction of sp³-hybridized carbons (Fsp3) is 0.619. The van der Waals surface area contributed by atoms with Gasteiger partial charge in [0.2, 0.25) is 0 Å². The Morgan fingerprint density at radius 2 is 0.662 bits per heavy atom. The Bertz CT molecular complexity index is 1430. The number of hydrogen-bond donors (Lipinski definition) is 0. The van der Waals surface area contributed by atoms with Crippen molar-refractivity contribution in [3.8, 4) is 0 Å². The van der Waals surface area contributed by atoms with Crippen LogP contribution in [0.2, 0.25) is 0 Å². The van der Waals surface area contributed by atoms with Gasteiger partial charge in [-0.15, -0.1) is 0 Å². The van der Waals surface area contributed by atoms with Crippen LogP contribution in [0.3, 0.4) is 0 Å². The summed E-state index contributed by atoms with van der Waals surface area (Å²) in [4.78, 5) is 25.5. The zero-order chi connectivity index (χ0) is 49.2. The first-order valence-corrected chi connectivity index (χ1v) is 27.7. The molecule has 0 heterocycles. The van der Waals surface area contributed by atoms with E-state index in [1.165, 1.54) is 44.9 Å². The number of carbonyl (C=O) groups excluding carboxylic acids is 2. The number of allylic oxidation sites excluding steroid dienone is 22. The van der Waals surface area contributed by atoms with Gasteiger partial charge in [0.25, 0.3) is 0 Å². The molecule has 0 aromatic rings. The van der Waals surface area contributed by atoms with Gasteiger partial charge in [0.1, 0.15) is 6.61 Å². The fourth-order valence-electron chi connectivity index (χ4n) is 7.09. The van der Waals surface area contributed by atoms with E-state index < -0.39 is 6.10 Å². The summed E-state index contributed by atoms with van der Waals surface area (Å²) >= 11 is 0. The predicted molar refractivity (Wildman–Crippen MR) is 297 cm³/mol. The Kier molecular flexibility index (Phi) is 54.0. The van der Waals surface area contributed by atoms with E-state index in [-0.39, 0.29) is 25.2 Å². The molecular formula is C63H102O5. The lowest BCUT2D eigenvalue weighted by Crippen LogP contribution is -2.30. The average molecular weight is 940 g/mol. The third-order valence-electron chi connectivity index (χ3n) is 11.1. The zero-order valence-corrected chi connectivity index (χ0v) is 44.1. The third kappa shape index (κ3) is 54.6. The number of rotatable bonds is 49. The molecule has 68 heavy (non-hydrogen) atoms. The smallest absolute Gasteiger partial charge is 0.306 e. The van der Waals surface area contributed by atoms with E-state index in [9.17, 15) is 9.59 Å². The van der Waals surface area contributed by atoms with Crippen LogP contribution in [0, 0.1) is 0 Å². The van der Waals surface area contributed by atoms with Crippen molar-refractivity contribution >= 4 is 11.9 Å². The van der Waals surface area contributed by atoms with Gasteiger partial charge < -0.3 is 14.2 Å². The van der Waals surface area contributed by atoms with Crippen LogP contribution in [0.5, 0.6) is 0 Å². The Morgan fingerprint density at radius 3 is 1.06 bits per heavy atom. The molecule has 0 aromatic carbocycles. The normalized spacial score (nSPS) is 13.3. The lowest BCUT2D eigenvalue weighted by atomic mass is 10.1. The van der Waals surface area contributed by atoms with Crippen molar-refractivity contribution < 1.29 is 23.8 Å². The summed E-state index contributed by atoms with van der Waals surface area (Å²) in [7, 11) is 0. The first-order valence-electron chi connectivity index (χ1n) is 27.7. The largest absolute Gasteiger partial charge is 0.462 e. The highest BCUT2D eigenvalue weighted by atomic mass is 16.6.